The minimum absolute atomic E-state index is 0.780. The van der Waals surface area contributed by atoms with E-state index in [9.17, 15) is 0 Å². The number of H-pyrrole nitrogens is 1. The number of nitrogens with two attached hydrogens (primary N) is 1. The molecule has 0 aliphatic heterocycles. The van der Waals surface area contributed by atoms with E-state index in [4.69, 9.17) is 5.73 Å². The zero-order valence-corrected chi connectivity index (χ0v) is 8.30. The average Bonchev–Trinajstić information content (AvgIpc) is 2.62. The Bertz CT molecular complexity index is 496. The third-order valence-corrected chi connectivity index (χ3v) is 3.12. The summed E-state index contributed by atoms with van der Waals surface area (Å²) >= 11 is 0. The third kappa shape index (κ3) is 0.969. The maximum atomic E-state index is 5.80. The minimum Gasteiger partial charge on any atom is -0.399 e. The monoisotopic (exact) mass is 186 g/mol. The molecular weight excluding hydrogens is 172 g/mol. The molecule has 14 heavy (non-hydrogen) atoms. The van der Waals surface area contributed by atoms with E-state index in [1.165, 1.54) is 35.0 Å². The van der Waals surface area contributed by atoms with Crippen molar-refractivity contribution in [3.8, 4) is 0 Å². The van der Waals surface area contributed by atoms with Crippen molar-refractivity contribution in [1.82, 2.24) is 4.98 Å². The number of aromatic amines is 1. The largest absolute Gasteiger partial charge is 0.399 e. The molecule has 1 aliphatic carbocycles. The van der Waals surface area contributed by atoms with Gasteiger partial charge in [-0.3, -0.25) is 0 Å². The van der Waals surface area contributed by atoms with Gasteiger partial charge in [-0.2, -0.15) is 0 Å². The van der Waals surface area contributed by atoms with E-state index in [0.717, 1.165) is 11.6 Å². The molecule has 0 radical (unpaired) electrons. The van der Waals surface area contributed by atoms with Gasteiger partial charge in [-0.25, -0.2) is 0 Å². The molecule has 3 rings (SSSR count). The van der Waals surface area contributed by atoms with Crippen LogP contribution in [0.4, 0.5) is 5.69 Å². The summed E-state index contributed by atoms with van der Waals surface area (Å²) in [5.41, 5.74) is 10.8. The molecule has 0 spiro atoms. The summed E-state index contributed by atoms with van der Waals surface area (Å²) in [4.78, 5) is 3.48. The van der Waals surface area contributed by atoms with E-state index in [-0.39, 0.29) is 0 Å². The molecule has 1 aromatic heterocycles. The molecule has 1 atom stereocenters. The second-order valence-electron chi connectivity index (χ2n) is 4.40. The highest BCUT2D eigenvalue weighted by atomic mass is 14.7. The van der Waals surface area contributed by atoms with Gasteiger partial charge in [0.1, 0.15) is 0 Å². The molecule has 1 heterocycles. The Labute approximate surface area is 83.1 Å². The van der Waals surface area contributed by atoms with Crippen molar-refractivity contribution in [2.45, 2.75) is 19.8 Å². The fourth-order valence-corrected chi connectivity index (χ4v) is 2.50. The number of nitrogens with one attached hydrogen (secondary N) is 1. The fourth-order valence-electron chi connectivity index (χ4n) is 2.50. The van der Waals surface area contributed by atoms with Crippen molar-refractivity contribution in [2.75, 3.05) is 5.73 Å². The zero-order valence-electron chi connectivity index (χ0n) is 8.30. The number of fused-ring (bicyclic) bond motifs is 3. The van der Waals surface area contributed by atoms with Gasteiger partial charge < -0.3 is 10.7 Å². The topological polar surface area (TPSA) is 41.8 Å². The Hall–Kier alpha value is -1.44. The molecule has 2 heteroatoms. The van der Waals surface area contributed by atoms with Crippen LogP contribution in [0.3, 0.4) is 0 Å². The van der Waals surface area contributed by atoms with Gasteiger partial charge in [-0.1, -0.05) is 6.92 Å². The molecule has 2 nitrogen and oxygen atoms in total. The van der Waals surface area contributed by atoms with Crippen LogP contribution in [0.5, 0.6) is 0 Å². The summed E-state index contributed by atoms with van der Waals surface area (Å²) in [5.74, 6) is 0.780. The first-order valence-corrected chi connectivity index (χ1v) is 5.13. The van der Waals surface area contributed by atoms with Gasteiger partial charge in [-0.15, -0.1) is 0 Å². The SMILES string of the molecule is CC1Cc2[nH]c3ccc(N)cc3c2C1. The highest BCUT2D eigenvalue weighted by molar-refractivity contribution is 5.87. The molecule has 1 aliphatic rings. The summed E-state index contributed by atoms with van der Waals surface area (Å²) in [6.07, 6.45) is 2.38. The summed E-state index contributed by atoms with van der Waals surface area (Å²) < 4.78 is 0. The lowest BCUT2D eigenvalue weighted by atomic mass is 10.1. The lowest BCUT2D eigenvalue weighted by Gasteiger charge is -1.99. The smallest absolute Gasteiger partial charge is 0.0460 e. The summed E-state index contributed by atoms with van der Waals surface area (Å²) in [6.45, 7) is 2.30. The maximum Gasteiger partial charge on any atom is 0.0460 e. The Balaban J connectivity index is 2.30. The molecule has 0 bridgehead atoms. The van der Waals surface area contributed by atoms with Crippen LogP contribution in [-0.4, -0.2) is 4.98 Å². The highest BCUT2D eigenvalue weighted by Crippen LogP contribution is 2.33. The Morgan fingerprint density at radius 3 is 3.07 bits per heavy atom. The molecule has 0 saturated heterocycles. The van der Waals surface area contributed by atoms with E-state index in [2.05, 4.69) is 24.0 Å². The van der Waals surface area contributed by atoms with Crippen LogP contribution in [0.1, 0.15) is 18.2 Å². The molecule has 0 fully saturated rings. The van der Waals surface area contributed by atoms with Crippen molar-refractivity contribution >= 4 is 16.6 Å². The first-order valence-electron chi connectivity index (χ1n) is 5.13. The standard InChI is InChI=1S/C12H14N2/c1-7-4-9-10-6-8(13)2-3-11(10)14-12(9)5-7/h2-3,6-7,14H,4-5,13H2,1H3. The molecule has 2 aromatic rings. The van der Waals surface area contributed by atoms with Crippen LogP contribution < -0.4 is 5.73 Å². The summed E-state index contributed by atoms with van der Waals surface area (Å²) in [6, 6.07) is 6.12. The lowest BCUT2D eigenvalue weighted by molar-refractivity contribution is 0.623. The molecule has 0 amide bonds. The van der Waals surface area contributed by atoms with E-state index in [1.807, 2.05) is 6.07 Å². The number of anilines is 1. The first-order chi connectivity index (χ1) is 6.74. The lowest BCUT2D eigenvalue weighted by Crippen LogP contribution is -1.92. The Morgan fingerprint density at radius 1 is 1.36 bits per heavy atom. The average molecular weight is 186 g/mol. The van der Waals surface area contributed by atoms with Crippen molar-refractivity contribution in [2.24, 2.45) is 5.92 Å². The van der Waals surface area contributed by atoms with E-state index >= 15 is 0 Å². The number of aromatic nitrogens is 1. The quantitative estimate of drug-likeness (QED) is 0.610. The molecule has 1 aromatic carbocycles. The maximum absolute atomic E-state index is 5.80. The summed E-state index contributed by atoms with van der Waals surface area (Å²) in [5, 5.41) is 1.32. The van der Waals surface area contributed by atoms with Gasteiger partial charge in [0.05, 0.1) is 0 Å². The van der Waals surface area contributed by atoms with Crippen LogP contribution in [0, 0.1) is 5.92 Å². The van der Waals surface area contributed by atoms with E-state index in [0.29, 0.717) is 0 Å². The van der Waals surface area contributed by atoms with Gasteiger partial charge in [-0.05, 0) is 42.5 Å². The fraction of sp³-hybridized carbons (Fsp3) is 0.333. The predicted molar refractivity (Wildman–Crippen MR) is 59.3 cm³/mol. The van der Waals surface area contributed by atoms with Crippen LogP contribution in [0.15, 0.2) is 18.2 Å². The Morgan fingerprint density at radius 2 is 2.21 bits per heavy atom. The number of hydrogen-bond donors (Lipinski definition) is 2. The van der Waals surface area contributed by atoms with Crippen molar-refractivity contribution in [1.29, 1.82) is 0 Å². The minimum atomic E-state index is 0.780. The highest BCUT2D eigenvalue weighted by Gasteiger charge is 2.21. The number of rotatable bonds is 0. The number of benzene rings is 1. The molecule has 3 N–H and O–H groups in total. The Kier molecular flexibility index (Phi) is 1.43. The van der Waals surface area contributed by atoms with Gasteiger partial charge in [0.25, 0.3) is 0 Å². The zero-order chi connectivity index (χ0) is 9.71. The second-order valence-corrected chi connectivity index (χ2v) is 4.40. The van der Waals surface area contributed by atoms with Crippen LogP contribution in [-0.2, 0) is 12.8 Å². The van der Waals surface area contributed by atoms with Crippen LogP contribution >= 0.6 is 0 Å². The molecule has 72 valence electrons. The van der Waals surface area contributed by atoms with Gasteiger partial charge in [0.15, 0.2) is 0 Å². The van der Waals surface area contributed by atoms with Crippen LogP contribution in [0.2, 0.25) is 0 Å². The van der Waals surface area contributed by atoms with Crippen LogP contribution in [0.25, 0.3) is 10.9 Å². The third-order valence-electron chi connectivity index (χ3n) is 3.12. The van der Waals surface area contributed by atoms with Crippen molar-refractivity contribution in [3.63, 3.8) is 0 Å². The van der Waals surface area contributed by atoms with Crippen molar-refractivity contribution in [3.05, 3.63) is 29.5 Å². The first kappa shape index (κ1) is 7.92. The normalized spacial score (nSPS) is 20.2. The van der Waals surface area contributed by atoms with Crippen molar-refractivity contribution < 1.29 is 0 Å². The van der Waals surface area contributed by atoms with E-state index in [1.54, 1.807) is 0 Å². The van der Waals surface area contributed by atoms with Gasteiger partial charge in [0.2, 0.25) is 0 Å². The molecule has 0 saturated carbocycles. The molecular formula is C12H14N2. The number of hydrogen-bond acceptors (Lipinski definition) is 1. The van der Waals surface area contributed by atoms with Gasteiger partial charge in [0, 0.05) is 22.3 Å². The summed E-state index contributed by atoms with van der Waals surface area (Å²) in [7, 11) is 0. The van der Waals surface area contributed by atoms with E-state index < -0.39 is 0 Å². The molecule has 1 unspecified atom stereocenters. The number of nitrogen functional groups attached to an aromatic ring is 1. The second kappa shape index (κ2) is 2.53. The van der Waals surface area contributed by atoms with Gasteiger partial charge >= 0.3 is 0 Å². The predicted octanol–water partition coefficient (Wildman–Crippen LogP) is 2.48.